The van der Waals surface area contributed by atoms with Crippen molar-refractivity contribution in [3.63, 3.8) is 0 Å². The van der Waals surface area contributed by atoms with Gasteiger partial charge in [-0.3, -0.25) is 0 Å². The Hall–Kier alpha value is -0.780. The van der Waals surface area contributed by atoms with E-state index in [-0.39, 0.29) is 0 Å². The molecule has 20 heavy (non-hydrogen) atoms. The summed E-state index contributed by atoms with van der Waals surface area (Å²) < 4.78 is 8.81. The van der Waals surface area contributed by atoms with Crippen molar-refractivity contribution < 1.29 is 1.37 Å². The van der Waals surface area contributed by atoms with E-state index in [1.807, 2.05) is 0 Å². The van der Waals surface area contributed by atoms with E-state index in [2.05, 4.69) is 6.92 Å². The lowest BCUT2D eigenvalue weighted by Crippen LogP contribution is -2.07. The summed E-state index contributed by atoms with van der Waals surface area (Å²) in [6.07, 6.45) is 16.7. The largest absolute Gasteiger partial charge is 0.0654 e. The first-order chi connectivity index (χ1) is 10.3. The lowest BCUT2D eigenvalue weighted by atomic mass is 9.85. The van der Waals surface area contributed by atoms with Crippen molar-refractivity contribution in [1.82, 2.24) is 0 Å². The standard InChI is InChI=1S/C20H30/c1-2-3-10-16-15-17-11-6-4-7-12-19(17)20-14-9-5-8-13-18(16)20/h15H,2-14H2,1H3/i15D. The Morgan fingerprint density at radius 3 is 2.25 bits per heavy atom. The third kappa shape index (κ3) is 2.95. The number of unbranched alkanes of at least 4 members (excludes halogenated alkanes) is 1. The highest BCUT2D eigenvalue weighted by Crippen LogP contribution is 2.33. The zero-order valence-electron chi connectivity index (χ0n) is 14.2. The summed E-state index contributed by atoms with van der Waals surface area (Å²) in [5.74, 6) is 0. The van der Waals surface area contributed by atoms with Crippen molar-refractivity contribution in [2.75, 3.05) is 0 Å². The van der Waals surface area contributed by atoms with E-state index in [0.29, 0.717) is 0 Å². The van der Waals surface area contributed by atoms with E-state index in [9.17, 15) is 0 Å². The summed E-state index contributed by atoms with van der Waals surface area (Å²) in [6.45, 7) is 2.27. The summed E-state index contributed by atoms with van der Waals surface area (Å²) in [6, 6.07) is 0.945. The highest BCUT2D eigenvalue weighted by Gasteiger charge is 2.20. The molecular weight excluding hydrogens is 240 g/mol. The lowest BCUT2D eigenvalue weighted by Gasteiger charge is -2.20. The average molecular weight is 271 g/mol. The zero-order valence-corrected chi connectivity index (χ0v) is 13.2. The molecule has 0 spiro atoms. The molecule has 0 aromatic heterocycles. The fourth-order valence-corrected chi connectivity index (χ4v) is 4.13. The second kappa shape index (κ2) is 6.78. The molecule has 0 aliphatic heterocycles. The summed E-state index contributed by atoms with van der Waals surface area (Å²) in [4.78, 5) is 0. The van der Waals surface area contributed by atoms with E-state index < -0.39 is 0 Å². The molecule has 0 fully saturated rings. The second-order valence-electron chi connectivity index (χ2n) is 6.74. The fraction of sp³-hybridized carbons (Fsp3) is 0.700. The van der Waals surface area contributed by atoms with Crippen LogP contribution < -0.4 is 0 Å². The lowest BCUT2D eigenvalue weighted by molar-refractivity contribution is 0.701. The molecule has 3 rings (SSSR count). The van der Waals surface area contributed by atoms with Crippen LogP contribution >= 0.6 is 0 Å². The molecule has 2 aliphatic rings. The minimum atomic E-state index is 0.945. The summed E-state index contributed by atoms with van der Waals surface area (Å²) in [7, 11) is 0. The maximum Gasteiger partial charge on any atom is 0.0629 e. The quantitative estimate of drug-likeness (QED) is 0.631. The molecular formula is C20H30. The van der Waals surface area contributed by atoms with Crippen LogP contribution in [0.4, 0.5) is 0 Å². The third-order valence-corrected chi connectivity index (χ3v) is 5.25. The van der Waals surface area contributed by atoms with Gasteiger partial charge in [0, 0.05) is 0 Å². The van der Waals surface area contributed by atoms with Crippen LogP contribution in [0, 0.1) is 0 Å². The molecule has 0 heteroatoms. The number of hydrogen-bond acceptors (Lipinski definition) is 0. The molecule has 1 aromatic carbocycles. The molecule has 2 aliphatic carbocycles. The number of rotatable bonds is 3. The van der Waals surface area contributed by atoms with E-state index in [1.165, 1.54) is 88.2 Å². The normalized spacial score (nSPS) is 19.6. The molecule has 0 saturated heterocycles. The molecule has 0 amide bonds. The van der Waals surface area contributed by atoms with Crippen LogP contribution in [0.3, 0.4) is 0 Å². The van der Waals surface area contributed by atoms with Crippen molar-refractivity contribution in [3.8, 4) is 0 Å². The fourth-order valence-electron chi connectivity index (χ4n) is 4.13. The topological polar surface area (TPSA) is 0 Å². The molecule has 0 atom stereocenters. The van der Waals surface area contributed by atoms with Crippen molar-refractivity contribution >= 4 is 0 Å². The van der Waals surface area contributed by atoms with Gasteiger partial charge in [-0.05, 0) is 92.0 Å². The molecule has 0 saturated carbocycles. The first-order valence-electron chi connectivity index (χ1n) is 9.47. The summed E-state index contributed by atoms with van der Waals surface area (Å²) in [5, 5.41) is 0. The first kappa shape index (κ1) is 12.9. The van der Waals surface area contributed by atoms with Gasteiger partial charge in [-0.25, -0.2) is 0 Å². The van der Waals surface area contributed by atoms with Crippen LogP contribution in [0.25, 0.3) is 0 Å². The predicted octanol–water partition coefficient (Wildman–Crippen LogP) is 5.57. The number of benzene rings is 1. The maximum atomic E-state index is 8.81. The van der Waals surface area contributed by atoms with Gasteiger partial charge < -0.3 is 0 Å². The van der Waals surface area contributed by atoms with Crippen LogP contribution in [0.5, 0.6) is 0 Å². The van der Waals surface area contributed by atoms with E-state index in [0.717, 1.165) is 12.5 Å². The molecule has 110 valence electrons. The van der Waals surface area contributed by atoms with Gasteiger partial charge in [-0.2, -0.15) is 0 Å². The Morgan fingerprint density at radius 2 is 1.50 bits per heavy atom. The Labute approximate surface area is 126 Å². The highest BCUT2D eigenvalue weighted by atomic mass is 14.2. The van der Waals surface area contributed by atoms with Crippen molar-refractivity contribution in [2.45, 2.75) is 90.4 Å². The Bertz CT molecular complexity index is 501. The van der Waals surface area contributed by atoms with E-state index >= 15 is 0 Å². The van der Waals surface area contributed by atoms with E-state index in [4.69, 9.17) is 1.37 Å². The van der Waals surface area contributed by atoms with Gasteiger partial charge in [-0.1, -0.05) is 32.2 Å². The van der Waals surface area contributed by atoms with Crippen LogP contribution in [0.15, 0.2) is 6.04 Å². The maximum absolute atomic E-state index is 8.81. The Balaban J connectivity index is 2.13. The van der Waals surface area contributed by atoms with Gasteiger partial charge in [0.15, 0.2) is 0 Å². The monoisotopic (exact) mass is 271 g/mol. The number of hydrogen-bond donors (Lipinski definition) is 0. The van der Waals surface area contributed by atoms with Crippen LogP contribution in [-0.4, -0.2) is 0 Å². The van der Waals surface area contributed by atoms with Crippen LogP contribution in [-0.2, 0) is 32.1 Å². The SMILES string of the molecule is [2H]c1c(CCCC)c2c(c3c1CCCCC3)CCCCC2. The van der Waals surface area contributed by atoms with Crippen LogP contribution in [0.2, 0.25) is 0 Å². The molecule has 0 radical (unpaired) electrons. The molecule has 0 heterocycles. The third-order valence-electron chi connectivity index (χ3n) is 5.25. The predicted molar refractivity (Wildman–Crippen MR) is 87.6 cm³/mol. The number of fused-ring (bicyclic) bond motifs is 3. The zero-order chi connectivity index (χ0) is 14.7. The van der Waals surface area contributed by atoms with Gasteiger partial charge in [-0.15, -0.1) is 0 Å². The molecule has 1 aromatic rings. The van der Waals surface area contributed by atoms with Gasteiger partial charge in [0.25, 0.3) is 0 Å². The van der Waals surface area contributed by atoms with Crippen molar-refractivity contribution in [1.29, 1.82) is 0 Å². The van der Waals surface area contributed by atoms with Gasteiger partial charge >= 0.3 is 0 Å². The summed E-state index contributed by atoms with van der Waals surface area (Å²) >= 11 is 0. The van der Waals surface area contributed by atoms with Gasteiger partial charge in [0.05, 0.1) is 1.37 Å². The minimum absolute atomic E-state index is 0.945. The van der Waals surface area contributed by atoms with Gasteiger partial charge in [0.2, 0.25) is 0 Å². The minimum Gasteiger partial charge on any atom is -0.0654 e. The Kier molecular flexibility index (Phi) is 4.38. The molecule has 0 nitrogen and oxygen atoms in total. The average Bonchev–Trinajstić information content (AvgIpc) is 2.87. The van der Waals surface area contributed by atoms with Gasteiger partial charge in [0.1, 0.15) is 0 Å². The second-order valence-corrected chi connectivity index (χ2v) is 6.74. The van der Waals surface area contributed by atoms with Crippen molar-refractivity contribution in [3.05, 3.63) is 33.9 Å². The first-order valence-corrected chi connectivity index (χ1v) is 8.97. The smallest absolute Gasteiger partial charge is 0.0629 e. The van der Waals surface area contributed by atoms with Crippen molar-refractivity contribution in [2.24, 2.45) is 0 Å². The molecule has 0 bridgehead atoms. The van der Waals surface area contributed by atoms with Crippen LogP contribution in [0.1, 0.15) is 87.5 Å². The Morgan fingerprint density at radius 1 is 0.850 bits per heavy atom. The molecule has 0 N–H and O–H groups in total. The highest BCUT2D eigenvalue weighted by molar-refractivity contribution is 5.47. The van der Waals surface area contributed by atoms with E-state index in [1.54, 1.807) is 16.7 Å². The summed E-state index contributed by atoms with van der Waals surface area (Å²) in [5.41, 5.74) is 7.82. The molecule has 0 unspecified atom stereocenters.